The third kappa shape index (κ3) is 3.36. The highest BCUT2D eigenvalue weighted by atomic mass is 16.5. The van der Waals surface area contributed by atoms with E-state index in [1.165, 1.54) is 12.3 Å². The molecule has 21 heavy (non-hydrogen) atoms. The van der Waals surface area contributed by atoms with Crippen molar-refractivity contribution in [3.63, 3.8) is 0 Å². The summed E-state index contributed by atoms with van der Waals surface area (Å²) in [6.07, 6.45) is 1.35. The number of nitrogens with zero attached hydrogens (tertiary/aromatic N) is 1. The number of nitrogens with one attached hydrogen (secondary N) is 1. The van der Waals surface area contributed by atoms with Gasteiger partial charge in [-0.3, -0.25) is 4.79 Å². The summed E-state index contributed by atoms with van der Waals surface area (Å²) in [5, 5.41) is 11.6. The number of rotatable bonds is 5. The van der Waals surface area contributed by atoms with Crippen LogP contribution in [-0.4, -0.2) is 28.6 Å². The predicted molar refractivity (Wildman–Crippen MR) is 76.8 cm³/mol. The van der Waals surface area contributed by atoms with Gasteiger partial charge in [-0.25, -0.2) is 9.78 Å². The number of hydrogen-bond acceptors (Lipinski definition) is 4. The summed E-state index contributed by atoms with van der Waals surface area (Å²) in [4.78, 5) is 27.1. The number of pyridine rings is 1. The van der Waals surface area contributed by atoms with Gasteiger partial charge >= 0.3 is 5.97 Å². The zero-order valence-corrected chi connectivity index (χ0v) is 11.4. The van der Waals surface area contributed by atoms with E-state index in [9.17, 15) is 9.59 Å². The maximum Gasteiger partial charge on any atom is 0.356 e. The van der Waals surface area contributed by atoms with Crippen LogP contribution in [0.1, 0.15) is 27.8 Å². The van der Waals surface area contributed by atoms with E-state index < -0.39 is 11.9 Å². The molecule has 108 valence electrons. The van der Waals surface area contributed by atoms with Gasteiger partial charge in [-0.05, 0) is 31.2 Å². The monoisotopic (exact) mass is 286 g/mol. The van der Waals surface area contributed by atoms with Crippen molar-refractivity contribution in [1.82, 2.24) is 4.98 Å². The molecule has 2 N–H and O–H groups in total. The number of carbonyl (C=O) groups is 2. The van der Waals surface area contributed by atoms with E-state index in [-0.39, 0.29) is 11.4 Å². The molecule has 2 rings (SSSR count). The van der Waals surface area contributed by atoms with Crippen LogP contribution in [0.5, 0.6) is 5.75 Å². The van der Waals surface area contributed by atoms with Crippen LogP contribution >= 0.6 is 0 Å². The quantitative estimate of drug-likeness (QED) is 0.881. The number of aromatic nitrogens is 1. The van der Waals surface area contributed by atoms with Gasteiger partial charge in [0.1, 0.15) is 5.75 Å². The number of carboxylic acids is 1. The van der Waals surface area contributed by atoms with Gasteiger partial charge in [0.2, 0.25) is 0 Å². The first-order chi connectivity index (χ1) is 10.1. The number of ether oxygens (including phenoxy) is 1. The molecule has 0 fully saturated rings. The van der Waals surface area contributed by atoms with Gasteiger partial charge < -0.3 is 15.2 Å². The van der Waals surface area contributed by atoms with Crippen molar-refractivity contribution < 1.29 is 19.4 Å². The maximum atomic E-state index is 12.3. The first-order valence-electron chi connectivity index (χ1n) is 6.35. The second-order valence-corrected chi connectivity index (χ2v) is 4.09. The Morgan fingerprint density at radius 1 is 1.24 bits per heavy atom. The minimum absolute atomic E-state index is 0.140. The van der Waals surface area contributed by atoms with Crippen LogP contribution in [0.25, 0.3) is 0 Å². The molecule has 1 aromatic carbocycles. The summed E-state index contributed by atoms with van der Waals surface area (Å²) >= 11 is 0. The average molecular weight is 286 g/mol. The van der Waals surface area contributed by atoms with E-state index in [4.69, 9.17) is 9.84 Å². The lowest BCUT2D eigenvalue weighted by molar-refractivity contribution is 0.0691. The topological polar surface area (TPSA) is 88.5 Å². The fourth-order valence-electron chi connectivity index (χ4n) is 1.80. The molecule has 0 atom stereocenters. The lowest BCUT2D eigenvalue weighted by atomic mass is 10.1. The highest BCUT2D eigenvalue weighted by molar-refractivity contribution is 6.08. The molecule has 6 nitrogen and oxygen atoms in total. The van der Waals surface area contributed by atoms with E-state index in [0.29, 0.717) is 17.9 Å². The van der Waals surface area contributed by atoms with Crippen molar-refractivity contribution in [2.45, 2.75) is 6.92 Å². The Labute approximate surface area is 121 Å². The second-order valence-electron chi connectivity index (χ2n) is 4.09. The number of amides is 1. The van der Waals surface area contributed by atoms with Gasteiger partial charge in [0, 0.05) is 6.20 Å². The van der Waals surface area contributed by atoms with Crippen molar-refractivity contribution in [2.24, 2.45) is 0 Å². The number of carbonyl (C=O) groups excluding carboxylic acids is 1. The summed E-state index contributed by atoms with van der Waals surface area (Å²) in [5.74, 6) is -1.21. The van der Waals surface area contributed by atoms with Gasteiger partial charge in [0.25, 0.3) is 5.91 Å². The molecule has 0 bridgehead atoms. The number of para-hydroxylation sites is 1. The molecule has 0 aliphatic carbocycles. The Bertz CT molecular complexity index is 670. The molecule has 0 aliphatic heterocycles. The summed E-state index contributed by atoms with van der Waals surface area (Å²) in [5.41, 5.74) is 0.264. The first kappa shape index (κ1) is 14.5. The molecule has 0 saturated heterocycles. The first-order valence-corrected chi connectivity index (χ1v) is 6.35. The van der Waals surface area contributed by atoms with Gasteiger partial charge in [-0.15, -0.1) is 0 Å². The third-order valence-electron chi connectivity index (χ3n) is 2.69. The van der Waals surface area contributed by atoms with Gasteiger partial charge in [-0.1, -0.05) is 12.1 Å². The number of benzene rings is 1. The number of anilines is 1. The smallest absolute Gasteiger partial charge is 0.356 e. The molecule has 0 saturated carbocycles. The van der Waals surface area contributed by atoms with Crippen molar-refractivity contribution in [3.8, 4) is 5.75 Å². The van der Waals surface area contributed by atoms with Crippen LogP contribution in [0.3, 0.4) is 0 Å². The molecule has 0 spiro atoms. The second kappa shape index (κ2) is 6.51. The van der Waals surface area contributed by atoms with E-state index >= 15 is 0 Å². The number of hydrogen-bond donors (Lipinski definition) is 2. The molecule has 1 heterocycles. The molecule has 0 radical (unpaired) electrons. The van der Waals surface area contributed by atoms with E-state index in [2.05, 4.69) is 10.3 Å². The van der Waals surface area contributed by atoms with Crippen LogP contribution in [0.2, 0.25) is 0 Å². The molecule has 0 unspecified atom stereocenters. The summed E-state index contributed by atoms with van der Waals surface area (Å²) in [6, 6.07) is 9.79. The van der Waals surface area contributed by atoms with E-state index in [1.54, 1.807) is 30.3 Å². The minimum atomic E-state index is -1.20. The van der Waals surface area contributed by atoms with Crippen molar-refractivity contribution >= 4 is 17.6 Å². The fourth-order valence-corrected chi connectivity index (χ4v) is 1.80. The van der Waals surface area contributed by atoms with Crippen LogP contribution in [0.15, 0.2) is 42.6 Å². The fraction of sp³-hybridized carbons (Fsp3) is 0.133. The van der Waals surface area contributed by atoms with Gasteiger partial charge in [-0.2, -0.15) is 0 Å². The SMILES string of the molecule is CCOc1ccccc1C(=O)Nc1cccnc1C(=O)O. The Morgan fingerprint density at radius 3 is 2.71 bits per heavy atom. The molecule has 6 heteroatoms. The van der Waals surface area contributed by atoms with Crippen LogP contribution in [-0.2, 0) is 0 Å². The van der Waals surface area contributed by atoms with Crippen molar-refractivity contribution in [2.75, 3.05) is 11.9 Å². The Balaban J connectivity index is 2.29. The van der Waals surface area contributed by atoms with Gasteiger partial charge in [0.05, 0.1) is 17.9 Å². The Kier molecular flexibility index (Phi) is 4.50. The third-order valence-corrected chi connectivity index (χ3v) is 2.69. The number of carboxylic acid groups (broad SMARTS) is 1. The zero-order valence-electron chi connectivity index (χ0n) is 11.4. The van der Waals surface area contributed by atoms with E-state index in [0.717, 1.165) is 0 Å². The maximum absolute atomic E-state index is 12.3. The largest absolute Gasteiger partial charge is 0.493 e. The number of aromatic carboxylic acids is 1. The average Bonchev–Trinajstić information content (AvgIpc) is 2.48. The molecular formula is C15H14N2O4. The lowest BCUT2D eigenvalue weighted by Gasteiger charge is -2.11. The Hall–Kier alpha value is -2.89. The van der Waals surface area contributed by atoms with Crippen LogP contribution in [0, 0.1) is 0 Å². The van der Waals surface area contributed by atoms with Crippen molar-refractivity contribution in [3.05, 3.63) is 53.9 Å². The molecular weight excluding hydrogens is 272 g/mol. The zero-order chi connectivity index (χ0) is 15.2. The molecule has 1 aromatic heterocycles. The van der Waals surface area contributed by atoms with Crippen LogP contribution < -0.4 is 10.1 Å². The highest BCUT2D eigenvalue weighted by Crippen LogP contribution is 2.20. The lowest BCUT2D eigenvalue weighted by Crippen LogP contribution is -2.16. The normalized spacial score (nSPS) is 9.95. The molecule has 1 amide bonds. The molecule has 0 aliphatic rings. The Morgan fingerprint density at radius 2 is 2.00 bits per heavy atom. The molecule has 2 aromatic rings. The summed E-state index contributed by atoms with van der Waals surface area (Å²) in [7, 11) is 0. The summed E-state index contributed by atoms with van der Waals surface area (Å²) in [6.45, 7) is 2.25. The highest BCUT2D eigenvalue weighted by Gasteiger charge is 2.16. The van der Waals surface area contributed by atoms with Crippen molar-refractivity contribution in [1.29, 1.82) is 0 Å². The summed E-state index contributed by atoms with van der Waals surface area (Å²) < 4.78 is 5.38. The standard InChI is InChI=1S/C15H14N2O4/c1-2-21-12-8-4-3-6-10(12)14(18)17-11-7-5-9-16-13(11)15(19)20/h3-9H,2H2,1H3,(H,17,18)(H,19,20). The van der Waals surface area contributed by atoms with E-state index in [1.807, 2.05) is 6.92 Å². The predicted octanol–water partition coefficient (Wildman–Crippen LogP) is 2.43. The van der Waals surface area contributed by atoms with Crippen LogP contribution in [0.4, 0.5) is 5.69 Å². The minimum Gasteiger partial charge on any atom is -0.493 e. The van der Waals surface area contributed by atoms with Gasteiger partial charge in [0.15, 0.2) is 5.69 Å².